The average molecular weight is 468 g/mol. The first-order chi connectivity index (χ1) is 14.5. The molecule has 1 aromatic heterocycles. The van der Waals surface area contributed by atoms with Gasteiger partial charge in [-0.25, -0.2) is 18.2 Å². The van der Waals surface area contributed by atoms with Crippen molar-refractivity contribution in [1.82, 2.24) is 19.5 Å². The van der Waals surface area contributed by atoms with Crippen LogP contribution in [0.3, 0.4) is 0 Å². The van der Waals surface area contributed by atoms with Crippen molar-refractivity contribution in [3.8, 4) is 0 Å². The van der Waals surface area contributed by atoms with Gasteiger partial charge >= 0.3 is 6.03 Å². The summed E-state index contributed by atoms with van der Waals surface area (Å²) in [6, 6.07) is 4.69. The van der Waals surface area contributed by atoms with Crippen molar-refractivity contribution in [2.75, 3.05) is 26.2 Å². The van der Waals surface area contributed by atoms with Crippen LogP contribution in [0.4, 0.5) is 10.5 Å². The van der Waals surface area contributed by atoms with Crippen LogP contribution >= 0.6 is 11.3 Å². The van der Waals surface area contributed by atoms with Crippen LogP contribution in [0.2, 0.25) is 0 Å². The first-order valence-electron chi connectivity index (χ1n) is 9.71. The number of non-ortho nitro benzene ring substituents is 1. The van der Waals surface area contributed by atoms with Crippen molar-refractivity contribution in [2.24, 2.45) is 0 Å². The van der Waals surface area contributed by atoms with E-state index in [9.17, 15) is 23.3 Å². The van der Waals surface area contributed by atoms with Gasteiger partial charge in [-0.05, 0) is 6.07 Å². The van der Waals surface area contributed by atoms with Gasteiger partial charge in [-0.2, -0.15) is 4.31 Å². The summed E-state index contributed by atoms with van der Waals surface area (Å²) in [5.74, 6) is 0. The van der Waals surface area contributed by atoms with Crippen LogP contribution < -0.4 is 5.32 Å². The van der Waals surface area contributed by atoms with E-state index < -0.39 is 14.9 Å². The Hall–Kier alpha value is -2.57. The molecule has 0 spiro atoms. The number of carbonyl (C=O) groups is 1. The Morgan fingerprint density at radius 1 is 1.26 bits per heavy atom. The number of benzene rings is 1. The fourth-order valence-electron chi connectivity index (χ4n) is 3.05. The highest BCUT2D eigenvalue weighted by Gasteiger charge is 2.31. The van der Waals surface area contributed by atoms with Crippen molar-refractivity contribution < 1.29 is 18.1 Å². The quantitative estimate of drug-likeness (QED) is 0.532. The number of hydrogen-bond acceptors (Lipinski definition) is 7. The second kappa shape index (κ2) is 8.89. The van der Waals surface area contributed by atoms with E-state index in [4.69, 9.17) is 0 Å². The zero-order valence-electron chi connectivity index (χ0n) is 17.6. The number of sulfonamides is 1. The zero-order valence-corrected chi connectivity index (χ0v) is 19.2. The lowest BCUT2D eigenvalue weighted by Gasteiger charge is -2.33. The summed E-state index contributed by atoms with van der Waals surface area (Å²) in [4.78, 5) is 28.7. The molecule has 0 unspecified atom stereocenters. The Kier molecular flexibility index (Phi) is 6.62. The standard InChI is InChI=1S/C19H25N5O5S2/c1-19(2,3)17-21-14(13-30-17)12-20-18(25)22-7-9-23(10-8-22)31(28,29)16-6-4-5-15(11-16)24(26)27/h4-6,11,13H,7-10,12H2,1-3H3,(H,20,25). The Labute approximate surface area is 185 Å². The van der Waals surface area contributed by atoms with Gasteiger partial charge in [-0.15, -0.1) is 11.3 Å². The molecule has 1 saturated heterocycles. The highest BCUT2D eigenvalue weighted by molar-refractivity contribution is 7.89. The Morgan fingerprint density at radius 3 is 2.52 bits per heavy atom. The second-order valence-corrected chi connectivity index (χ2v) is 11.0. The summed E-state index contributed by atoms with van der Waals surface area (Å²) in [5, 5.41) is 16.7. The number of hydrogen-bond donors (Lipinski definition) is 1. The summed E-state index contributed by atoms with van der Waals surface area (Å²) >= 11 is 1.56. The van der Waals surface area contributed by atoms with Crippen molar-refractivity contribution in [3.05, 3.63) is 50.5 Å². The molecular formula is C19H25N5O5S2. The van der Waals surface area contributed by atoms with Crippen LogP contribution in [0.25, 0.3) is 0 Å². The Bertz CT molecular complexity index is 1070. The van der Waals surface area contributed by atoms with E-state index in [-0.39, 0.29) is 48.2 Å². The molecule has 3 rings (SSSR count). The monoisotopic (exact) mass is 467 g/mol. The van der Waals surface area contributed by atoms with Crippen molar-refractivity contribution in [1.29, 1.82) is 0 Å². The molecule has 1 aliphatic heterocycles. The summed E-state index contributed by atoms with van der Waals surface area (Å²) < 4.78 is 26.9. The third-order valence-electron chi connectivity index (χ3n) is 4.81. The van der Waals surface area contributed by atoms with Crippen molar-refractivity contribution in [3.63, 3.8) is 0 Å². The van der Waals surface area contributed by atoms with E-state index in [1.807, 2.05) is 5.38 Å². The number of aromatic nitrogens is 1. The number of nitro benzene ring substituents is 1. The molecule has 2 amide bonds. The van der Waals surface area contributed by atoms with E-state index >= 15 is 0 Å². The molecule has 2 heterocycles. The number of nitro groups is 1. The molecule has 0 aliphatic carbocycles. The van der Waals surface area contributed by atoms with E-state index in [1.165, 1.54) is 22.5 Å². The van der Waals surface area contributed by atoms with Gasteiger partial charge < -0.3 is 10.2 Å². The molecule has 1 aromatic carbocycles. The smallest absolute Gasteiger partial charge is 0.317 e. The Morgan fingerprint density at radius 2 is 1.94 bits per heavy atom. The van der Waals surface area contributed by atoms with Gasteiger partial charge in [0.2, 0.25) is 10.0 Å². The van der Waals surface area contributed by atoms with Gasteiger partial charge in [-0.3, -0.25) is 10.1 Å². The third-order valence-corrected chi connectivity index (χ3v) is 8.02. The molecule has 0 bridgehead atoms. The zero-order chi connectivity index (χ0) is 22.8. The normalized spacial score (nSPS) is 15.6. The molecule has 12 heteroatoms. The number of amides is 2. The molecule has 10 nitrogen and oxygen atoms in total. The van der Waals surface area contributed by atoms with Gasteiger partial charge in [0.05, 0.1) is 27.1 Å². The van der Waals surface area contributed by atoms with Crippen molar-refractivity contribution >= 4 is 33.1 Å². The fraction of sp³-hybridized carbons (Fsp3) is 0.474. The molecule has 168 valence electrons. The van der Waals surface area contributed by atoms with Crippen LogP contribution in [-0.4, -0.2) is 59.7 Å². The predicted molar refractivity (Wildman–Crippen MR) is 116 cm³/mol. The number of piperazine rings is 1. The van der Waals surface area contributed by atoms with Crippen molar-refractivity contribution in [2.45, 2.75) is 37.6 Å². The highest BCUT2D eigenvalue weighted by atomic mass is 32.2. The molecule has 2 aromatic rings. The number of nitrogens with zero attached hydrogens (tertiary/aromatic N) is 4. The lowest BCUT2D eigenvalue weighted by molar-refractivity contribution is -0.385. The van der Waals surface area contributed by atoms with Crippen LogP contribution in [0.15, 0.2) is 34.5 Å². The van der Waals surface area contributed by atoms with Crippen LogP contribution in [0.5, 0.6) is 0 Å². The number of urea groups is 1. The highest BCUT2D eigenvalue weighted by Crippen LogP contribution is 2.25. The largest absolute Gasteiger partial charge is 0.332 e. The first-order valence-corrected chi connectivity index (χ1v) is 12.0. The molecule has 1 N–H and O–H groups in total. The van der Waals surface area contributed by atoms with Crippen LogP contribution in [0.1, 0.15) is 31.5 Å². The minimum Gasteiger partial charge on any atom is -0.332 e. The maximum atomic E-state index is 12.8. The first kappa shape index (κ1) is 23.1. The van der Waals surface area contributed by atoms with Crippen LogP contribution in [0, 0.1) is 10.1 Å². The average Bonchev–Trinajstić information content (AvgIpc) is 3.22. The molecule has 1 aliphatic rings. The number of rotatable bonds is 5. The SMILES string of the molecule is CC(C)(C)c1nc(CNC(=O)N2CCN(S(=O)(=O)c3cccc([N+](=O)[O-])c3)CC2)cs1. The van der Waals surface area contributed by atoms with Crippen LogP contribution in [-0.2, 0) is 22.0 Å². The van der Waals surface area contributed by atoms with Gasteiger partial charge in [0.25, 0.3) is 5.69 Å². The molecule has 0 saturated carbocycles. The van der Waals surface area contributed by atoms with Gasteiger partial charge in [-0.1, -0.05) is 26.8 Å². The summed E-state index contributed by atoms with van der Waals surface area (Å²) in [5.41, 5.74) is 0.458. The maximum Gasteiger partial charge on any atom is 0.317 e. The van der Waals surface area contributed by atoms with E-state index in [0.717, 1.165) is 16.8 Å². The number of nitrogens with one attached hydrogen (secondary N) is 1. The maximum absolute atomic E-state index is 12.8. The second-order valence-electron chi connectivity index (χ2n) is 8.20. The minimum absolute atomic E-state index is 0.0477. The van der Waals surface area contributed by atoms with E-state index in [0.29, 0.717) is 6.54 Å². The lowest BCUT2D eigenvalue weighted by Crippen LogP contribution is -2.52. The van der Waals surface area contributed by atoms with E-state index in [2.05, 4.69) is 31.1 Å². The van der Waals surface area contributed by atoms with Gasteiger partial charge in [0.1, 0.15) is 0 Å². The topological polar surface area (TPSA) is 126 Å². The summed E-state index contributed by atoms with van der Waals surface area (Å²) in [6.45, 7) is 7.22. The summed E-state index contributed by atoms with van der Waals surface area (Å²) in [6.07, 6.45) is 0. The predicted octanol–water partition coefficient (Wildman–Crippen LogP) is 2.56. The molecule has 0 atom stereocenters. The molecule has 0 radical (unpaired) electrons. The van der Waals surface area contributed by atoms with Gasteiger partial charge in [0, 0.05) is 49.1 Å². The number of carbonyl (C=O) groups excluding carboxylic acids is 1. The molecule has 1 fully saturated rings. The summed E-state index contributed by atoms with van der Waals surface area (Å²) in [7, 11) is -3.87. The fourth-order valence-corrected chi connectivity index (χ4v) is 5.42. The third kappa shape index (κ3) is 5.38. The molecular weight excluding hydrogens is 442 g/mol. The Balaban J connectivity index is 1.56. The number of thiazole rings is 1. The van der Waals surface area contributed by atoms with Gasteiger partial charge in [0.15, 0.2) is 0 Å². The van der Waals surface area contributed by atoms with E-state index in [1.54, 1.807) is 16.2 Å². The lowest BCUT2D eigenvalue weighted by atomic mass is 9.98. The minimum atomic E-state index is -3.87. The molecule has 31 heavy (non-hydrogen) atoms.